The molecule has 0 amide bonds. The third-order valence-electron chi connectivity index (χ3n) is 4.49. The van der Waals surface area contributed by atoms with Gasteiger partial charge in [0.2, 0.25) is 0 Å². The van der Waals surface area contributed by atoms with Gasteiger partial charge in [-0.2, -0.15) is 0 Å². The topological polar surface area (TPSA) is 24.9 Å². The second-order valence-electron chi connectivity index (χ2n) is 5.96. The van der Waals surface area contributed by atoms with Crippen LogP contribution in [0.4, 0.5) is 0 Å². The van der Waals surface area contributed by atoms with Gasteiger partial charge >= 0.3 is 0 Å². The van der Waals surface area contributed by atoms with E-state index in [9.17, 15) is 0 Å². The molecule has 1 heterocycles. The summed E-state index contributed by atoms with van der Waals surface area (Å²) < 4.78 is 0. The molecule has 2 heteroatoms. The van der Waals surface area contributed by atoms with Gasteiger partial charge in [0.05, 0.1) is 5.52 Å². The van der Waals surface area contributed by atoms with E-state index >= 15 is 0 Å². The number of hydrogen-bond acceptors (Lipinski definition) is 2. The largest absolute Gasteiger partial charge is 0.310 e. The van der Waals surface area contributed by atoms with Crippen molar-refractivity contribution in [3.63, 3.8) is 0 Å². The van der Waals surface area contributed by atoms with E-state index in [4.69, 9.17) is 0 Å². The van der Waals surface area contributed by atoms with Crippen LogP contribution in [0.2, 0.25) is 0 Å². The molecule has 1 fully saturated rings. The lowest BCUT2D eigenvalue weighted by Crippen LogP contribution is -2.27. The first-order valence-electron chi connectivity index (χ1n) is 7.95. The Bertz CT molecular complexity index is 555. The van der Waals surface area contributed by atoms with Crippen LogP contribution in [0.1, 0.15) is 50.6 Å². The van der Waals surface area contributed by atoms with Gasteiger partial charge in [0.1, 0.15) is 0 Å². The van der Waals surface area contributed by atoms with Gasteiger partial charge in [-0.25, -0.2) is 0 Å². The van der Waals surface area contributed by atoms with E-state index in [1.165, 1.54) is 43.1 Å². The molecular formula is C18H24N2. The first-order chi connectivity index (χ1) is 9.88. The van der Waals surface area contributed by atoms with Gasteiger partial charge in [-0.15, -0.1) is 0 Å². The van der Waals surface area contributed by atoms with Crippen LogP contribution in [0, 0.1) is 5.92 Å². The third-order valence-corrected chi connectivity index (χ3v) is 4.49. The molecule has 1 aromatic carbocycles. The number of benzene rings is 1. The molecule has 0 bridgehead atoms. The average Bonchev–Trinajstić information content (AvgIpc) is 2.45. The molecule has 0 spiro atoms. The molecule has 1 saturated carbocycles. The van der Waals surface area contributed by atoms with Crippen LogP contribution in [0.3, 0.4) is 0 Å². The Kier molecular flexibility index (Phi) is 4.31. The third kappa shape index (κ3) is 2.85. The number of aromatic nitrogens is 1. The van der Waals surface area contributed by atoms with E-state index in [0.29, 0.717) is 6.04 Å². The number of nitrogens with one attached hydrogen (secondary N) is 1. The fourth-order valence-corrected chi connectivity index (χ4v) is 3.12. The van der Waals surface area contributed by atoms with Crippen LogP contribution in [0.25, 0.3) is 10.9 Å². The predicted molar refractivity (Wildman–Crippen MR) is 84.7 cm³/mol. The normalized spacial score (nSPS) is 17.1. The van der Waals surface area contributed by atoms with Crippen LogP contribution in [0.15, 0.2) is 36.5 Å². The Hall–Kier alpha value is -1.41. The summed E-state index contributed by atoms with van der Waals surface area (Å²) in [5.41, 5.74) is 2.54. The summed E-state index contributed by atoms with van der Waals surface area (Å²) in [5.74, 6) is 0.913. The van der Waals surface area contributed by atoms with E-state index in [0.717, 1.165) is 18.0 Å². The van der Waals surface area contributed by atoms with Gasteiger partial charge in [0.15, 0.2) is 0 Å². The molecule has 1 aliphatic carbocycles. The highest BCUT2D eigenvalue weighted by Gasteiger charge is 2.23. The van der Waals surface area contributed by atoms with Gasteiger partial charge < -0.3 is 5.32 Å². The fraction of sp³-hybridized carbons (Fsp3) is 0.500. The Balaban J connectivity index is 1.90. The molecule has 1 unspecified atom stereocenters. The molecule has 1 aliphatic rings. The van der Waals surface area contributed by atoms with Gasteiger partial charge in [0, 0.05) is 17.6 Å². The number of pyridine rings is 1. The summed E-state index contributed by atoms with van der Waals surface area (Å²) in [6.07, 6.45) is 8.65. The van der Waals surface area contributed by atoms with Gasteiger partial charge in [-0.3, -0.25) is 4.98 Å². The summed E-state index contributed by atoms with van der Waals surface area (Å²) in [6.45, 7) is 3.33. The number of para-hydroxylation sites is 1. The zero-order chi connectivity index (χ0) is 13.8. The number of hydrogen-bond donors (Lipinski definition) is 1. The second-order valence-corrected chi connectivity index (χ2v) is 5.96. The van der Waals surface area contributed by atoms with Crippen LogP contribution in [0.5, 0.6) is 0 Å². The lowest BCUT2D eigenvalue weighted by atomic mass is 9.79. The van der Waals surface area contributed by atoms with Crippen molar-refractivity contribution in [1.29, 1.82) is 0 Å². The Morgan fingerprint density at radius 3 is 2.85 bits per heavy atom. The minimum atomic E-state index is 0.480. The molecular weight excluding hydrogens is 244 g/mol. The SMILES string of the molecule is CCCNC(CC1CCC1)c1ccnc2ccccc12. The van der Waals surface area contributed by atoms with Crippen molar-refractivity contribution in [3.8, 4) is 0 Å². The minimum absolute atomic E-state index is 0.480. The first-order valence-corrected chi connectivity index (χ1v) is 7.95. The lowest BCUT2D eigenvalue weighted by molar-refractivity contribution is 0.261. The highest BCUT2D eigenvalue weighted by molar-refractivity contribution is 5.82. The average molecular weight is 268 g/mol. The molecule has 1 N–H and O–H groups in total. The Labute approximate surface area is 121 Å². The van der Waals surface area contributed by atoms with E-state index in [-0.39, 0.29) is 0 Å². The van der Waals surface area contributed by atoms with Crippen molar-refractivity contribution in [2.45, 2.75) is 45.1 Å². The van der Waals surface area contributed by atoms with Gasteiger partial charge in [0.25, 0.3) is 0 Å². The zero-order valence-electron chi connectivity index (χ0n) is 12.3. The van der Waals surface area contributed by atoms with Crippen molar-refractivity contribution in [2.24, 2.45) is 5.92 Å². The fourth-order valence-electron chi connectivity index (χ4n) is 3.12. The van der Waals surface area contributed by atoms with Crippen molar-refractivity contribution in [2.75, 3.05) is 6.54 Å². The molecule has 2 aromatic rings. The van der Waals surface area contributed by atoms with Crippen LogP contribution >= 0.6 is 0 Å². The Morgan fingerprint density at radius 2 is 2.10 bits per heavy atom. The highest BCUT2D eigenvalue weighted by Crippen LogP contribution is 2.36. The molecule has 0 aliphatic heterocycles. The van der Waals surface area contributed by atoms with Crippen molar-refractivity contribution < 1.29 is 0 Å². The summed E-state index contributed by atoms with van der Waals surface area (Å²) >= 11 is 0. The highest BCUT2D eigenvalue weighted by atomic mass is 14.9. The van der Waals surface area contributed by atoms with Crippen LogP contribution in [-0.4, -0.2) is 11.5 Å². The maximum Gasteiger partial charge on any atom is 0.0705 e. The molecule has 106 valence electrons. The molecule has 20 heavy (non-hydrogen) atoms. The molecule has 1 aromatic heterocycles. The summed E-state index contributed by atoms with van der Waals surface area (Å²) in [6, 6.07) is 11.2. The molecule has 2 nitrogen and oxygen atoms in total. The van der Waals surface area contributed by atoms with Crippen molar-refractivity contribution >= 4 is 10.9 Å². The van der Waals surface area contributed by atoms with Gasteiger partial charge in [-0.05, 0) is 43.0 Å². The lowest BCUT2D eigenvalue weighted by Gasteiger charge is -2.31. The number of fused-ring (bicyclic) bond motifs is 1. The van der Waals surface area contributed by atoms with E-state index in [1.54, 1.807) is 0 Å². The van der Waals surface area contributed by atoms with Crippen molar-refractivity contribution in [1.82, 2.24) is 10.3 Å². The second kappa shape index (κ2) is 6.36. The summed E-state index contributed by atoms with van der Waals surface area (Å²) in [4.78, 5) is 4.49. The predicted octanol–water partition coefficient (Wildman–Crippen LogP) is 4.47. The minimum Gasteiger partial charge on any atom is -0.310 e. The smallest absolute Gasteiger partial charge is 0.0705 e. The zero-order valence-corrected chi connectivity index (χ0v) is 12.3. The van der Waals surface area contributed by atoms with E-state index in [1.807, 2.05) is 6.20 Å². The Morgan fingerprint density at radius 1 is 1.25 bits per heavy atom. The monoisotopic (exact) mass is 268 g/mol. The summed E-state index contributed by atoms with van der Waals surface area (Å²) in [5, 5.41) is 5.06. The van der Waals surface area contributed by atoms with Crippen LogP contribution in [-0.2, 0) is 0 Å². The van der Waals surface area contributed by atoms with Crippen molar-refractivity contribution in [3.05, 3.63) is 42.1 Å². The molecule has 0 radical (unpaired) electrons. The first kappa shape index (κ1) is 13.6. The summed E-state index contributed by atoms with van der Waals surface area (Å²) in [7, 11) is 0. The maximum atomic E-state index is 4.49. The number of rotatable bonds is 6. The molecule has 3 rings (SSSR count). The van der Waals surface area contributed by atoms with E-state index in [2.05, 4.69) is 47.6 Å². The standard InChI is InChI=1S/C18H24N2/c1-2-11-19-18(13-14-6-5-7-14)16-10-12-20-17-9-4-3-8-15(16)17/h3-4,8-10,12,14,18-19H,2,5-7,11,13H2,1H3. The number of nitrogens with zero attached hydrogens (tertiary/aromatic N) is 1. The maximum absolute atomic E-state index is 4.49. The van der Waals surface area contributed by atoms with E-state index < -0.39 is 0 Å². The molecule has 1 atom stereocenters. The quantitative estimate of drug-likeness (QED) is 0.836. The van der Waals surface area contributed by atoms with Crippen LogP contribution < -0.4 is 5.32 Å². The van der Waals surface area contributed by atoms with Gasteiger partial charge in [-0.1, -0.05) is 44.4 Å². The molecule has 0 saturated heterocycles.